The number of pyridine rings is 1. The van der Waals surface area contributed by atoms with E-state index >= 15 is 4.39 Å². The molecule has 14 nitrogen and oxygen atoms in total. The number of fused-ring (bicyclic) bond motifs is 1. The summed E-state index contributed by atoms with van der Waals surface area (Å²) in [7, 11) is 1.95. The number of hydrogen-bond donors (Lipinski definition) is 3. The molecule has 6 rings (SSSR count). The third-order valence-electron chi connectivity index (χ3n) is 8.56. The summed E-state index contributed by atoms with van der Waals surface area (Å²) in [6.07, 6.45) is -1.96. The second-order valence-corrected chi connectivity index (χ2v) is 13.8. The SMILES string of the molecule is CN1CCN(Cc2ccc(NC(=O)Nc3ncc(-c4cn(C5CC5)c5ncnc(N(C(=O)O)C(=O)OC(C)(C)C)c45)cc3F)cc2C(F)(F)F)CC1. The molecule has 0 atom stereocenters. The highest BCUT2D eigenvalue weighted by molar-refractivity contribution is 6.15. The van der Waals surface area contributed by atoms with E-state index in [-0.39, 0.29) is 46.2 Å². The van der Waals surface area contributed by atoms with Crippen LogP contribution >= 0.6 is 0 Å². The minimum atomic E-state index is -4.68. The van der Waals surface area contributed by atoms with E-state index in [4.69, 9.17) is 4.74 Å². The summed E-state index contributed by atoms with van der Waals surface area (Å²) in [5.41, 5.74) is -1.31. The van der Waals surface area contributed by atoms with E-state index in [0.29, 0.717) is 23.6 Å². The Bertz CT molecular complexity index is 2020. The number of benzene rings is 1. The van der Waals surface area contributed by atoms with Gasteiger partial charge in [-0.15, -0.1) is 0 Å². The number of hydrogen-bond acceptors (Lipinski definition) is 9. The van der Waals surface area contributed by atoms with Gasteiger partial charge in [-0.2, -0.15) is 18.1 Å². The van der Waals surface area contributed by atoms with Crippen LogP contribution in [0.15, 0.2) is 43.0 Å². The predicted molar refractivity (Wildman–Crippen MR) is 183 cm³/mol. The Kier molecular flexibility index (Phi) is 9.80. The van der Waals surface area contributed by atoms with E-state index in [0.717, 1.165) is 44.4 Å². The van der Waals surface area contributed by atoms with Crippen LogP contribution in [0.1, 0.15) is 50.8 Å². The molecule has 0 unspecified atom stereocenters. The Morgan fingerprint density at radius 2 is 1.73 bits per heavy atom. The Morgan fingerprint density at radius 3 is 2.35 bits per heavy atom. The number of rotatable bonds is 7. The van der Waals surface area contributed by atoms with Crippen molar-refractivity contribution in [2.24, 2.45) is 0 Å². The molecule has 1 saturated carbocycles. The van der Waals surface area contributed by atoms with E-state index in [1.807, 2.05) is 11.9 Å². The van der Waals surface area contributed by atoms with Crippen molar-refractivity contribution in [1.29, 1.82) is 0 Å². The standard InChI is InChI=1S/C34H37F4N9O5/c1-33(2,3)52-32(51)47(31(49)50)29-26-23(17-46(22-7-8-22)28(26)40-18-41-29)20-13-25(35)27(39-15-20)43-30(48)42-21-6-5-19(24(14-21)34(36,37)38)16-45-11-9-44(4)10-12-45/h5-6,13-15,17-18,22H,7-12,16H2,1-4H3,(H,49,50)(H2,39,42,43,48). The quantitative estimate of drug-likeness (QED) is 0.173. The number of nitrogens with one attached hydrogen (secondary N) is 2. The highest BCUT2D eigenvalue weighted by Crippen LogP contribution is 2.43. The summed E-state index contributed by atoms with van der Waals surface area (Å²) >= 11 is 0. The van der Waals surface area contributed by atoms with Crippen molar-refractivity contribution >= 4 is 46.6 Å². The normalized spacial score (nSPS) is 15.8. The number of amides is 4. The van der Waals surface area contributed by atoms with E-state index in [1.54, 1.807) is 31.5 Å². The van der Waals surface area contributed by atoms with E-state index in [1.165, 1.54) is 18.3 Å². The third kappa shape index (κ3) is 8.07. The van der Waals surface area contributed by atoms with Crippen LogP contribution in [-0.4, -0.2) is 91.5 Å². The Hall–Kier alpha value is -5.36. The zero-order valence-electron chi connectivity index (χ0n) is 28.8. The van der Waals surface area contributed by atoms with Crippen LogP contribution in [-0.2, 0) is 17.5 Å². The molecule has 1 aliphatic heterocycles. The zero-order valence-corrected chi connectivity index (χ0v) is 28.8. The van der Waals surface area contributed by atoms with Gasteiger partial charge in [0.15, 0.2) is 17.5 Å². The highest BCUT2D eigenvalue weighted by Gasteiger charge is 2.36. The number of alkyl halides is 3. The summed E-state index contributed by atoms with van der Waals surface area (Å²) in [5.74, 6) is -1.83. The highest BCUT2D eigenvalue weighted by atomic mass is 19.4. The third-order valence-corrected chi connectivity index (χ3v) is 8.56. The van der Waals surface area contributed by atoms with Crippen molar-refractivity contribution in [3.8, 4) is 11.1 Å². The van der Waals surface area contributed by atoms with Crippen LogP contribution in [0.3, 0.4) is 0 Å². The molecular weight excluding hydrogens is 690 g/mol. The maximum atomic E-state index is 15.6. The number of piperazine rings is 1. The van der Waals surface area contributed by atoms with Crippen molar-refractivity contribution in [1.82, 2.24) is 29.3 Å². The number of ether oxygens (including phenoxy) is 1. The van der Waals surface area contributed by atoms with E-state index in [2.05, 4.69) is 30.5 Å². The smallest absolute Gasteiger partial charge is 0.425 e. The fraction of sp³-hybridized carbons (Fsp3) is 0.412. The zero-order chi connectivity index (χ0) is 37.5. The summed E-state index contributed by atoms with van der Waals surface area (Å²) in [5, 5.41) is 14.7. The Balaban J connectivity index is 1.25. The van der Waals surface area contributed by atoms with Crippen molar-refractivity contribution in [3.63, 3.8) is 0 Å². The molecule has 276 valence electrons. The topological polar surface area (TPSA) is 158 Å². The molecule has 0 radical (unpaired) electrons. The molecule has 4 aromatic rings. The average molecular weight is 728 g/mol. The largest absolute Gasteiger partial charge is 0.464 e. The monoisotopic (exact) mass is 727 g/mol. The number of likely N-dealkylation sites (N-methyl/N-ethyl adjacent to an activating group) is 1. The number of imide groups is 1. The summed E-state index contributed by atoms with van der Waals surface area (Å²) in [4.78, 5) is 55.1. The van der Waals surface area contributed by atoms with E-state index in [9.17, 15) is 32.7 Å². The molecule has 1 aliphatic carbocycles. The maximum Gasteiger partial charge on any atom is 0.425 e. The molecule has 2 aliphatic rings. The summed E-state index contributed by atoms with van der Waals surface area (Å²) in [6, 6.07) is 3.54. The van der Waals surface area contributed by atoms with Crippen LogP contribution in [0.4, 0.5) is 49.3 Å². The van der Waals surface area contributed by atoms with Crippen molar-refractivity contribution in [2.75, 3.05) is 48.8 Å². The molecular formula is C34H37F4N9O5. The maximum absolute atomic E-state index is 15.6. The number of carboxylic acid groups (broad SMARTS) is 1. The van der Waals surface area contributed by atoms with Gasteiger partial charge >= 0.3 is 24.4 Å². The lowest BCUT2D eigenvalue weighted by molar-refractivity contribution is -0.138. The first-order valence-electron chi connectivity index (χ1n) is 16.4. The molecule has 0 bridgehead atoms. The minimum Gasteiger partial charge on any atom is -0.464 e. The van der Waals surface area contributed by atoms with Gasteiger partial charge in [-0.3, -0.25) is 10.2 Å². The van der Waals surface area contributed by atoms with Gasteiger partial charge < -0.3 is 24.6 Å². The predicted octanol–water partition coefficient (Wildman–Crippen LogP) is 6.80. The molecule has 52 heavy (non-hydrogen) atoms. The number of halogens is 4. The van der Waals surface area contributed by atoms with Crippen LogP contribution in [0.25, 0.3) is 22.2 Å². The van der Waals surface area contributed by atoms with Gasteiger partial charge in [-0.05, 0) is 64.4 Å². The second-order valence-electron chi connectivity index (χ2n) is 13.8. The van der Waals surface area contributed by atoms with Crippen LogP contribution < -0.4 is 15.5 Å². The van der Waals surface area contributed by atoms with Crippen LogP contribution in [0.2, 0.25) is 0 Å². The van der Waals surface area contributed by atoms with Crippen molar-refractivity contribution in [3.05, 3.63) is 59.9 Å². The minimum absolute atomic E-state index is 0.0277. The van der Waals surface area contributed by atoms with Gasteiger partial charge in [0, 0.05) is 68.0 Å². The molecule has 2 fully saturated rings. The molecule has 4 amide bonds. The number of anilines is 3. The first kappa shape index (κ1) is 36.4. The Morgan fingerprint density at radius 1 is 1.02 bits per heavy atom. The summed E-state index contributed by atoms with van der Waals surface area (Å²) in [6.45, 7) is 7.55. The Labute approximate surface area is 295 Å². The molecule has 18 heteroatoms. The number of carbonyl (C=O) groups is 3. The van der Waals surface area contributed by atoms with Gasteiger partial charge in [0.1, 0.15) is 17.6 Å². The summed E-state index contributed by atoms with van der Waals surface area (Å²) < 4.78 is 64.8. The lowest BCUT2D eigenvalue weighted by Crippen LogP contribution is -2.44. The average Bonchev–Trinajstić information content (AvgIpc) is 3.82. The van der Waals surface area contributed by atoms with Gasteiger partial charge in [0.2, 0.25) is 0 Å². The number of urea groups is 1. The molecule has 4 heterocycles. The number of carbonyl (C=O) groups excluding carboxylic acids is 2. The molecule has 3 N–H and O–H groups in total. The van der Waals surface area contributed by atoms with E-state index < -0.39 is 47.2 Å². The lowest BCUT2D eigenvalue weighted by atomic mass is 10.0. The fourth-order valence-electron chi connectivity index (χ4n) is 5.90. The van der Waals surface area contributed by atoms with Gasteiger partial charge in [0.25, 0.3) is 0 Å². The van der Waals surface area contributed by atoms with Crippen LogP contribution in [0, 0.1) is 5.82 Å². The lowest BCUT2D eigenvalue weighted by Gasteiger charge is -2.33. The number of nitrogens with zero attached hydrogens (tertiary/aromatic N) is 7. The second kappa shape index (κ2) is 14.0. The van der Waals surface area contributed by atoms with Gasteiger partial charge in [0.05, 0.1) is 10.9 Å². The van der Waals surface area contributed by atoms with Crippen molar-refractivity contribution in [2.45, 2.75) is 58.0 Å². The molecule has 1 aromatic carbocycles. The number of aromatic nitrogens is 4. The first-order valence-corrected chi connectivity index (χ1v) is 16.4. The molecule has 3 aromatic heterocycles. The molecule has 0 spiro atoms. The van der Waals surface area contributed by atoms with Crippen molar-refractivity contribution < 1.29 is 41.8 Å². The van der Waals surface area contributed by atoms with Gasteiger partial charge in [-0.1, -0.05) is 6.07 Å². The van der Waals surface area contributed by atoms with Crippen LogP contribution in [0.5, 0.6) is 0 Å². The fourth-order valence-corrected chi connectivity index (χ4v) is 5.90. The molecule has 1 saturated heterocycles. The van der Waals surface area contributed by atoms with Gasteiger partial charge in [-0.25, -0.2) is 33.7 Å². The first-order chi connectivity index (χ1) is 24.5.